The van der Waals surface area contributed by atoms with Crippen LogP contribution in [0.4, 0.5) is 5.69 Å². The van der Waals surface area contributed by atoms with E-state index in [1.54, 1.807) is 12.1 Å². The topological polar surface area (TPSA) is 46.4 Å². The molecular formula is C18H21LiN2O2-2. The van der Waals surface area contributed by atoms with Crippen LogP contribution in [0.25, 0.3) is 0 Å². The summed E-state index contributed by atoms with van der Waals surface area (Å²) in [5, 5.41) is 9.98. The van der Waals surface area contributed by atoms with Gasteiger partial charge in [-0.05, 0) is 18.1 Å². The molecule has 0 heterocycles. The molecule has 118 valence electrons. The number of para-hydroxylation sites is 1. The summed E-state index contributed by atoms with van der Waals surface area (Å²) >= 11 is 0. The zero-order chi connectivity index (χ0) is 16.4. The third kappa shape index (κ3) is 7.99. The maximum Gasteiger partial charge on any atom is 1.00 e. The fourth-order valence-electron chi connectivity index (χ4n) is 1.80. The van der Waals surface area contributed by atoms with Gasteiger partial charge in [0.2, 0.25) is 0 Å². The summed E-state index contributed by atoms with van der Waals surface area (Å²) in [6.45, 7) is 12.5. The maximum absolute atomic E-state index is 9.98. The molecule has 0 aliphatic heterocycles. The largest absolute Gasteiger partial charge is 1.00 e. The van der Waals surface area contributed by atoms with Crippen molar-refractivity contribution in [1.29, 1.82) is 0 Å². The van der Waals surface area contributed by atoms with Gasteiger partial charge in [0.1, 0.15) is 0 Å². The summed E-state index contributed by atoms with van der Waals surface area (Å²) < 4.78 is 0. The number of hydrogen-bond donors (Lipinski definition) is 0. The molecule has 5 heteroatoms. The van der Waals surface area contributed by atoms with Crippen LogP contribution in [0.2, 0.25) is 0 Å². The van der Waals surface area contributed by atoms with Crippen molar-refractivity contribution >= 4 is 5.69 Å². The zero-order valence-electron chi connectivity index (χ0n) is 13.9. The molecule has 0 saturated carbocycles. The van der Waals surface area contributed by atoms with Gasteiger partial charge in [-0.25, -0.2) is 0 Å². The fourth-order valence-corrected chi connectivity index (χ4v) is 1.80. The molecule has 0 N–H and O–H groups in total. The summed E-state index contributed by atoms with van der Waals surface area (Å²) in [7, 11) is 0. The smallest absolute Gasteiger partial charge is 0.359 e. The van der Waals surface area contributed by atoms with E-state index in [1.807, 2.05) is 0 Å². The Hall–Kier alpha value is -1.60. The standard InChI is InChI=1S/C12H17N.C6H4NO2.Li/c1-4-13(5-2)10-12-9-7-6-8-11(12)3;8-7(9)6-4-2-1-3-5-6;/h6-9H,1-2,4-5,10H2,3H3;1-4H;/q-2;-1;+1. The van der Waals surface area contributed by atoms with Crippen molar-refractivity contribution in [3.05, 3.63) is 89.7 Å². The molecule has 0 radical (unpaired) electrons. The van der Waals surface area contributed by atoms with Gasteiger partial charge in [-0.15, -0.1) is 19.2 Å². The quantitative estimate of drug-likeness (QED) is 0.356. The minimum Gasteiger partial charge on any atom is -0.359 e. The van der Waals surface area contributed by atoms with Gasteiger partial charge in [0, 0.05) is 11.5 Å². The Kier molecular flexibility index (Phi) is 11.1. The van der Waals surface area contributed by atoms with E-state index in [1.165, 1.54) is 23.3 Å². The van der Waals surface area contributed by atoms with Gasteiger partial charge < -0.3 is 18.7 Å². The molecule has 4 nitrogen and oxygen atoms in total. The van der Waals surface area contributed by atoms with Crippen LogP contribution in [0.5, 0.6) is 0 Å². The van der Waals surface area contributed by atoms with Gasteiger partial charge in [-0.1, -0.05) is 30.3 Å². The van der Waals surface area contributed by atoms with Crippen LogP contribution in [-0.2, 0) is 6.54 Å². The van der Waals surface area contributed by atoms with Crippen molar-refractivity contribution in [2.45, 2.75) is 13.5 Å². The third-order valence-corrected chi connectivity index (χ3v) is 3.18. The molecule has 0 atom stereocenters. The van der Waals surface area contributed by atoms with E-state index in [-0.39, 0.29) is 24.5 Å². The van der Waals surface area contributed by atoms with E-state index < -0.39 is 4.92 Å². The Balaban J connectivity index is 0.000000427. The van der Waals surface area contributed by atoms with Crippen LogP contribution in [0.1, 0.15) is 11.1 Å². The van der Waals surface area contributed by atoms with Crippen molar-refractivity contribution in [1.82, 2.24) is 4.90 Å². The van der Waals surface area contributed by atoms with Crippen molar-refractivity contribution in [3.63, 3.8) is 0 Å². The molecule has 0 amide bonds. The van der Waals surface area contributed by atoms with Gasteiger partial charge in [-0.3, -0.25) is 10.1 Å². The predicted octanol–water partition coefficient (Wildman–Crippen LogP) is 0.864. The number of rotatable bonds is 5. The number of benzene rings is 2. The maximum atomic E-state index is 9.98. The first-order valence-corrected chi connectivity index (χ1v) is 7.05. The Morgan fingerprint density at radius 2 is 1.74 bits per heavy atom. The Morgan fingerprint density at radius 1 is 1.13 bits per heavy atom. The molecule has 0 aromatic heterocycles. The van der Waals surface area contributed by atoms with Gasteiger partial charge in [-0.2, -0.15) is 18.2 Å². The fraction of sp³-hybridized carbons (Fsp3) is 0.222. The van der Waals surface area contributed by atoms with E-state index in [2.05, 4.69) is 56.0 Å². The molecule has 0 unspecified atom stereocenters. The first kappa shape index (κ1) is 21.4. The van der Waals surface area contributed by atoms with E-state index in [0.29, 0.717) is 0 Å². The third-order valence-electron chi connectivity index (χ3n) is 3.18. The van der Waals surface area contributed by atoms with Crippen molar-refractivity contribution < 1.29 is 23.8 Å². The monoisotopic (exact) mass is 304 g/mol. The number of nitro groups is 1. The van der Waals surface area contributed by atoms with Gasteiger partial charge in [0.05, 0.1) is 0 Å². The summed E-state index contributed by atoms with van der Waals surface area (Å²) in [6, 6.07) is 17.1. The van der Waals surface area contributed by atoms with Crippen molar-refractivity contribution in [3.8, 4) is 0 Å². The minimum absolute atomic E-state index is 0. The average molecular weight is 304 g/mol. The number of hydrogen-bond acceptors (Lipinski definition) is 3. The zero-order valence-corrected chi connectivity index (χ0v) is 13.9. The molecule has 2 rings (SSSR count). The second-order valence-electron chi connectivity index (χ2n) is 4.71. The van der Waals surface area contributed by atoms with Crippen LogP contribution in [0.15, 0.2) is 48.5 Å². The number of nitrogens with zero attached hydrogens (tertiary/aromatic N) is 2. The van der Waals surface area contributed by atoms with Crippen LogP contribution in [-0.4, -0.2) is 22.9 Å². The molecular weight excluding hydrogens is 283 g/mol. The molecule has 23 heavy (non-hydrogen) atoms. The Morgan fingerprint density at radius 3 is 2.17 bits per heavy atom. The molecule has 0 bridgehead atoms. The summed E-state index contributed by atoms with van der Waals surface area (Å²) in [6.07, 6.45) is 0. The SMILES string of the molecule is O=[N+]([O-])c1[c-]cccc1.[CH2-]CN(C[CH2-])Cc1ccccc1C.[Li+]. The van der Waals surface area contributed by atoms with E-state index in [9.17, 15) is 10.1 Å². The van der Waals surface area contributed by atoms with Gasteiger partial charge >= 0.3 is 18.9 Å². The average Bonchev–Trinajstić information content (AvgIpc) is 2.55. The second kappa shape index (κ2) is 11.9. The molecule has 0 aliphatic carbocycles. The van der Waals surface area contributed by atoms with E-state index in [4.69, 9.17) is 0 Å². The van der Waals surface area contributed by atoms with Gasteiger partial charge in [0.25, 0.3) is 0 Å². The number of nitro benzene ring substituents is 1. The predicted molar refractivity (Wildman–Crippen MR) is 89.1 cm³/mol. The summed E-state index contributed by atoms with van der Waals surface area (Å²) in [4.78, 5) is 11.7. The van der Waals surface area contributed by atoms with E-state index in [0.717, 1.165) is 19.6 Å². The first-order chi connectivity index (χ1) is 10.6. The van der Waals surface area contributed by atoms with Gasteiger partial charge in [0.15, 0.2) is 5.69 Å². The van der Waals surface area contributed by atoms with Crippen molar-refractivity contribution in [2.75, 3.05) is 13.1 Å². The molecule has 0 saturated heterocycles. The minimum atomic E-state index is -0.472. The first-order valence-electron chi connectivity index (χ1n) is 7.05. The Bertz CT molecular complexity index is 572. The number of aryl methyl sites for hydroxylation is 1. The van der Waals surface area contributed by atoms with Crippen LogP contribution < -0.4 is 18.9 Å². The van der Waals surface area contributed by atoms with Crippen LogP contribution in [0.3, 0.4) is 0 Å². The molecule has 0 aliphatic rings. The number of non-ortho nitro benzene ring substituents is 1. The normalized spacial score (nSPS) is 9.57. The molecule has 2 aromatic rings. The molecule has 2 aromatic carbocycles. The van der Waals surface area contributed by atoms with Crippen molar-refractivity contribution in [2.24, 2.45) is 0 Å². The van der Waals surface area contributed by atoms with Crippen LogP contribution >= 0.6 is 0 Å². The molecule has 0 spiro atoms. The summed E-state index contributed by atoms with van der Waals surface area (Å²) in [5.74, 6) is 0. The Labute approximate surface area is 150 Å². The van der Waals surface area contributed by atoms with Crippen LogP contribution in [0, 0.1) is 37.0 Å². The summed E-state index contributed by atoms with van der Waals surface area (Å²) in [5.41, 5.74) is 2.72. The molecule has 0 fully saturated rings. The second-order valence-corrected chi connectivity index (χ2v) is 4.71. The van der Waals surface area contributed by atoms with E-state index >= 15 is 0 Å².